The van der Waals surface area contributed by atoms with E-state index < -0.39 is 10.0 Å². The Balaban J connectivity index is 1.09. The van der Waals surface area contributed by atoms with E-state index in [1.165, 1.54) is 42.5 Å². The number of amides is 1. The first-order chi connectivity index (χ1) is 20.3. The number of hydrogen-bond acceptors (Lipinski definition) is 4. The van der Waals surface area contributed by atoms with Crippen LogP contribution in [0.15, 0.2) is 95.9 Å². The van der Waals surface area contributed by atoms with Gasteiger partial charge in [0.05, 0.1) is 16.6 Å². The van der Waals surface area contributed by atoms with E-state index >= 15 is 0 Å². The number of benzene rings is 4. The molecular formula is C34H32ClN3O3S. The minimum absolute atomic E-state index is 0.0901. The zero-order chi connectivity index (χ0) is 29.0. The lowest BCUT2D eigenvalue weighted by Gasteiger charge is -2.43. The monoisotopic (exact) mass is 597 g/mol. The van der Waals surface area contributed by atoms with E-state index in [0.717, 1.165) is 11.3 Å². The molecule has 4 aromatic carbocycles. The van der Waals surface area contributed by atoms with Crippen LogP contribution >= 0.6 is 11.6 Å². The van der Waals surface area contributed by atoms with E-state index in [1.54, 1.807) is 30.3 Å². The third-order valence-electron chi connectivity index (χ3n) is 9.35. The molecule has 214 valence electrons. The Labute approximate surface area is 251 Å². The summed E-state index contributed by atoms with van der Waals surface area (Å²) in [7, 11) is -3.82. The molecule has 6 nitrogen and oxygen atoms in total. The number of fused-ring (bicyclic) bond motifs is 7. The summed E-state index contributed by atoms with van der Waals surface area (Å²) in [5.41, 5.74) is 6.07. The summed E-state index contributed by atoms with van der Waals surface area (Å²) < 4.78 is 28.4. The van der Waals surface area contributed by atoms with Crippen molar-refractivity contribution in [2.75, 3.05) is 15.4 Å². The summed E-state index contributed by atoms with van der Waals surface area (Å²) in [6, 6.07) is 28.2. The van der Waals surface area contributed by atoms with Crippen LogP contribution in [0.4, 0.5) is 17.1 Å². The van der Waals surface area contributed by atoms with Crippen LogP contribution in [-0.4, -0.2) is 14.3 Å². The van der Waals surface area contributed by atoms with Gasteiger partial charge in [-0.25, -0.2) is 8.42 Å². The lowest BCUT2D eigenvalue weighted by atomic mass is 9.68. The normalized spacial score (nSPS) is 23.9. The first-order valence-electron chi connectivity index (χ1n) is 14.4. The summed E-state index contributed by atoms with van der Waals surface area (Å²) in [6.07, 6.45) is 3.80. The fourth-order valence-corrected chi connectivity index (χ4v) is 8.64. The van der Waals surface area contributed by atoms with E-state index in [2.05, 4.69) is 51.8 Å². The molecule has 4 aromatic rings. The smallest absolute Gasteiger partial charge is 0.261 e. The number of sulfonamides is 1. The summed E-state index contributed by atoms with van der Waals surface area (Å²) in [5, 5.41) is 7.25. The molecule has 3 N–H and O–H groups in total. The first-order valence-corrected chi connectivity index (χ1v) is 16.3. The number of nitrogens with one attached hydrogen (secondary N) is 3. The zero-order valence-corrected chi connectivity index (χ0v) is 24.8. The third-order valence-corrected chi connectivity index (χ3v) is 11.2. The molecular weight excluding hydrogens is 566 g/mol. The quantitative estimate of drug-likeness (QED) is 0.210. The van der Waals surface area contributed by atoms with Crippen molar-refractivity contribution in [3.8, 4) is 0 Å². The number of carbonyl (C=O) groups is 1. The average Bonchev–Trinajstić information content (AvgIpc) is 3.62. The van der Waals surface area contributed by atoms with Gasteiger partial charge in [0, 0.05) is 22.0 Å². The molecule has 0 saturated heterocycles. The number of carbonyl (C=O) groups excluding carboxylic acids is 1. The molecule has 0 spiro atoms. The Bertz CT molecular complexity index is 1780. The minimum Gasteiger partial charge on any atom is -0.378 e. The van der Waals surface area contributed by atoms with E-state index in [9.17, 15) is 13.2 Å². The van der Waals surface area contributed by atoms with Crippen LogP contribution in [0.3, 0.4) is 0 Å². The van der Waals surface area contributed by atoms with Gasteiger partial charge in [0.25, 0.3) is 15.9 Å². The van der Waals surface area contributed by atoms with E-state index in [0.29, 0.717) is 45.6 Å². The SMILES string of the molecule is Cc1ccc(NS(=O)(=O)c2ccc(NC(=O)c3ccc4c(c3)[C@@H]3[C@H]5CC[C@@H](C5)[C@@H]3[C@@H](c3ccccc3)N4)cc2)cc1Cl. The third kappa shape index (κ3) is 4.84. The van der Waals surface area contributed by atoms with Gasteiger partial charge in [-0.2, -0.15) is 0 Å². The van der Waals surface area contributed by atoms with Gasteiger partial charge in [-0.3, -0.25) is 9.52 Å². The zero-order valence-electron chi connectivity index (χ0n) is 23.2. The van der Waals surface area contributed by atoms with Gasteiger partial charge < -0.3 is 10.6 Å². The molecule has 7 rings (SSSR count). The van der Waals surface area contributed by atoms with Crippen molar-refractivity contribution in [2.45, 2.75) is 43.0 Å². The minimum atomic E-state index is -3.82. The Morgan fingerprint density at radius 3 is 2.38 bits per heavy atom. The van der Waals surface area contributed by atoms with Crippen LogP contribution < -0.4 is 15.4 Å². The molecule has 1 amide bonds. The van der Waals surface area contributed by atoms with Crippen LogP contribution in [0.1, 0.15) is 58.3 Å². The number of rotatable bonds is 6. The van der Waals surface area contributed by atoms with Crippen LogP contribution in [0.5, 0.6) is 0 Å². The highest BCUT2D eigenvalue weighted by Crippen LogP contribution is 2.63. The maximum Gasteiger partial charge on any atom is 0.261 e. The molecule has 0 aromatic heterocycles. The number of aryl methyl sites for hydroxylation is 1. The highest BCUT2D eigenvalue weighted by atomic mass is 35.5. The molecule has 0 unspecified atom stereocenters. The number of anilines is 3. The number of hydrogen-bond donors (Lipinski definition) is 3. The maximum absolute atomic E-state index is 13.3. The molecule has 2 aliphatic carbocycles. The van der Waals surface area contributed by atoms with E-state index in [4.69, 9.17) is 11.6 Å². The Morgan fingerprint density at radius 2 is 1.62 bits per heavy atom. The fourth-order valence-electron chi connectivity index (χ4n) is 7.41. The predicted octanol–water partition coefficient (Wildman–Crippen LogP) is 8.00. The van der Waals surface area contributed by atoms with Gasteiger partial charge in [0.1, 0.15) is 0 Å². The molecule has 42 heavy (non-hydrogen) atoms. The molecule has 3 aliphatic rings. The molecule has 1 heterocycles. The second kappa shape index (κ2) is 10.5. The largest absolute Gasteiger partial charge is 0.378 e. The lowest BCUT2D eigenvalue weighted by molar-refractivity contribution is 0.102. The van der Waals surface area contributed by atoms with E-state index in [-0.39, 0.29) is 16.8 Å². The molecule has 5 atom stereocenters. The van der Waals surface area contributed by atoms with Crippen molar-refractivity contribution >= 4 is 44.6 Å². The van der Waals surface area contributed by atoms with Crippen LogP contribution in [0, 0.1) is 24.7 Å². The van der Waals surface area contributed by atoms with Gasteiger partial charge in [-0.15, -0.1) is 0 Å². The van der Waals surface area contributed by atoms with Gasteiger partial charge in [0.15, 0.2) is 0 Å². The molecule has 1 aliphatic heterocycles. The molecule has 2 fully saturated rings. The van der Waals surface area contributed by atoms with Crippen molar-refractivity contribution in [3.63, 3.8) is 0 Å². The van der Waals surface area contributed by atoms with E-state index in [1.807, 2.05) is 19.1 Å². The van der Waals surface area contributed by atoms with Crippen molar-refractivity contribution in [3.05, 3.63) is 118 Å². The average molecular weight is 598 g/mol. The standard InChI is InChI=1S/C34H32ClN3O3S/c1-20-7-11-26(19-29(20)35)38-42(40,41)27-14-12-25(13-15-27)36-34(39)24-10-16-30-28(18-24)31-22-8-9-23(17-22)32(31)33(37-30)21-5-3-2-4-6-21/h2-7,10-16,18-19,22-23,31-33,37-38H,8-9,17H2,1H3,(H,36,39)/t22-,23-,31-,32-,33+/m0/s1. The fraction of sp³-hybridized carbons (Fsp3) is 0.265. The topological polar surface area (TPSA) is 87.3 Å². The highest BCUT2D eigenvalue weighted by Gasteiger charge is 2.53. The van der Waals surface area contributed by atoms with Gasteiger partial charge in [-0.1, -0.05) is 48.0 Å². The van der Waals surface area contributed by atoms with Crippen molar-refractivity contribution in [2.24, 2.45) is 17.8 Å². The van der Waals surface area contributed by atoms with Crippen LogP contribution in [-0.2, 0) is 10.0 Å². The first kappa shape index (κ1) is 27.0. The number of halogens is 1. The van der Waals surface area contributed by atoms with Crippen molar-refractivity contribution in [1.82, 2.24) is 0 Å². The predicted molar refractivity (Wildman–Crippen MR) is 168 cm³/mol. The summed E-state index contributed by atoms with van der Waals surface area (Å²) in [5.74, 6) is 2.11. The van der Waals surface area contributed by atoms with Crippen LogP contribution in [0.2, 0.25) is 5.02 Å². The van der Waals surface area contributed by atoms with Gasteiger partial charge >= 0.3 is 0 Å². The molecule has 8 heteroatoms. The summed E-state index contributed by atoms with van der Waals surface area (Å²) >= 11 is 6.14. The van der Waals surface area contributed by atoms with Gasteiger partial charge in [-0.05, 0) is 121 Å². The molecule has 2 bridgehead atoms. The molecule has 2 saturated carbocycles. The Kier molecular flexibility index (Phi) is 6.75. The highest BCUT2D eigenvalue weighted by molar-refractivity contribution is 7.92. The Hall–Kier alpha value is -3.81. The van der Waals surface area contributed by atoms with Crippen molar-refractivity contribution < 1.29 is 13.2 Å². The van der Waals surface area contributed by atoms with Crippen LogP contribution in [0.25, 0.3) is 0 Å². The summed E-state index contributed by atoms with van der Waals surface area (Å²) in [6.45, 7) is 1.85. The van der Waals surface area contributed by atoms with Gasteiger partial charge in [0.2, 0.25) is 0 Å². The second-order valence-electron chi connectivity index (χ2n) is 11.8. The summed E-state index contributed by atoms with van der Waals surface area (Å²) in [4.78, 5) is 13.4. The lowest BCUT2D eigenvalue weighted by Crippen LogP contribution is -2.35. The Morgan fingerprint density at radius 1 is 0.881 bits per heavy atom. The second-order valence-corrected chi connectivity index (χ2v) is 13.9. The molecule has 0 radical (unpaired) electrons. The maximum atomic E-state index is 13.3. The van der Waals surface area contributed by atoms with Crippen molar-refractivity contribution in [1.29, 1.82) is 0 Å².